The van der Waals surface area contributed by atoms with Gasteiger partial charge in [0.15, 0.2) is 5.75 Å². The van der Waals surface area contributed by atoms with Crippen LogP contribution in [0.15, 0.2) is 36.7 Å². The fraction of sp³-hybridized carbons (Fsp3) is 0.250. The van der Waals surface area contributed by atoms with Gasteiger partial charge in [-0.05, 0) is 38.1 Å². The summed E-state index contributed by atoms with van der Waals surface area (Å²) in [6, 6.07) is 7.62. The Kier molecular flexibility index (Phi) is 2.81. The van der Waals surface area contributed by atoms with Crippen LogP contribution in [0.3, 0.4) is 0 Å². The number of rotatable bonds is 3. The Morgan fingerprint density at radius 3 is 2.44 bits per heavy atom. The summed E-state index contributed by atoms with van der Waals surface area (Å²) in [6.07, 6.45) is 3.58. The van der Waals surface area contributed by atoms with Crippen LogP contribution in [-0.2, 0) is 0 Å². The molecule has 1 aromatic carbocycles. The first-order chi connectivity index (χ1) is 7.65. The molecule has 4 heteroatoms. The molecule has 1 aromatic heterocycles. The number of nitrogen functional groups attached to an aromatic ring is 1. The molecule has 2 rings (SSSR count). The lowest BCUT2D eigenvalue weighted by Crippen LogP contribution is -1.99. The first-order valence-electron chi connectivity index (χ1n) is 5.22. The van der Waals surface area contributed by atoms with Gasteiger partial charge in [-0.15, -0.1) is 0 Å². The summed E-state index contributed by atoms with van der Waals surface area (Å²) in [5.41, 5.74) is 6.32. The van der Waals surface area contributed by atoms with Crippen molar-refractivity contribution in [2.45, 2.75) is 19.9 Å². The lowest BCUT2D eigenvalue weighted by atomic mass is 10.3. The van der Waals surface area contributed by atoms with E-state index in [1.807, 2.05) is 35.1 Å². The number of nitrogens with two attached hydrogens (primary N) is 1. The monoisotopic (exact) mass is 217 g/mol. The summed E-state index contributed by atoms with van der Waals surface area (Å²) in [7, 11) is 0. The second-order valence-electron chi connectivity index (χ2n) is 3.92. The van der Waals surface area contributed by atoms with Gasteiger partial charge in [-0.25, -0.2) is 0 Å². The molecule has 1 heterocycles. The van der Waals surface area contributed by atoms with Crippen molar-refractivity contribution < 1.29 is 4.74 Å². The van der Waals surface area contributed by atoms with Gasteiger partial charge in [-0.2, -0.15) is 5.10 Å². The molecule has 0 radical (unpaired) electrons. The predicted octanol–water partition coefficient (Wildman–Crippen LogP) is 2.84. The van der Waals surface area contributed by atoms with Crippen LogP contribution in [0.2, 0.25) is 0 Å². The highest BCUT2D eigenvalue weighted by Gasteiger charge is 2.03. The third-order valence-corrected chi connectivity index (χ3v) is 2.22. The Balaban J connectivity index is 2.11. The third-order valence-electron chi connectivity index (χ3n) is 2.22. The number of hydrogen-bond acceptors (Lipinski definition) is 3. The molecule has 0 aliphatic heterocycles. The second kappa shape index (κ2) is 4.26. The Labute approximate surface area is 94.6 Å². The molecular weight excluding hydrogens is 202 g/mol. The highest BCUT2D eigenvalue weighted by atomic mass is 16.5. The molecule has 0 amide bonds. The van der Waals surface area contributed by atoms with Crippen molar-refractivity contribution in [1.82, 2.24) is 9.78 Å². The molecule has 0 fully saturated rings. The van der Waals surface area contributed by atoms with Crippen LogP contribution < -0.4 is 10.5 Å². The van der Waals surface area contributed by atoms with E-state index in [9.17, 15) is 0 Å². The van der Waals surface area contributed by atoms with Crippen molar-refractivity contribution in [3.63, 3.8) is 0 Å². The van der Waals surface area contributed by atoms with Gasteiger partial charge < -0.3 is 10.5 Å². The van der Waals surface area contributed by atoms with Crippen LogP contribution in [-0.4, -0.2) is 9.78 Å². The van der Waals surface area contributed by atoms with E-state index in [1.54, 1.807) is 6.20 Å². The van der Waals surface area contributed by atoms with Crippen LogP contribution in [0, 0.1) is 0 Å². The average Bonchev–Trinajstić information content (AvgIpc) is 2.70. The number of nitrogens with zero attached hydrogens (tertiary/aromatic N) is 2. The zero-order valence-electron chi connectivity index (χ0n) is 9.42. The van der Waals surface area contributed by atoms with Crippen molar-refractivity contribution in [3.05, 3.63) is 36.7 Å². The summed E-state index contributed by atoms with van der Waals surface area (Å²) in [5, 5.41) is 4.20. The summed E-state index contributed by atoms with van der Waals surface area (Å²) in [6.45, 7) is 4.14. The molecule has 0 aliphatic rings. The minimum atomic E-state index is 0.337. The van der Waals surface area contributed by atoms with Crippen LogP contribution in [0.1, 0.15) is 19.9 Å². The predicted molar refractivity (Wildman–Crippen MR) is 63.5 cm³/mol. The Hall–Kier alpha value is -1.97. The van der Waals surface area contributed by atoms with E-state index >= 15 is 0 Å². The highest BCUT2D eigenvalue weighted by molar-refractivity contribution is 5.42. The maximum atomic E-state index is 5.63. The Morgan fingerprint density at radius 2 is 1.88 bits per heavy atom. The van der Waals surface area contributed by atoms with E-state index in [0.29, 0.717) is 6.04 Å². The molecule has 0 saturated carbocycles. The number of hydrogen-bond donors (Lipinski definition) is 1. The van der Waals surface area contributed by atoms with Crippen molar-refractivity contribution in [2.24, 2.45) is 0 Å². The van der Waals surface area contributed by atoms with E-state index < -0.39 is 0 Å². The largest absolute Gasteiger partial charge is 0.454 e. The third kappa shape index (κ3) is 2.34. The van der Waals surface area contributed by atoms with Gasteiger partial charge in [0.1, 0.15) is 5.75 Å². The van der Waals surface area contributed by atoms with E-state index in [4.69, 9.17) is 10.5 Å². The van der Waals surface area contributed by atoms with Crippen molar-refractivity contribution in [2.75, 3.05) is 5.73 Å². The van der Waals surface area contributed by atoms with E-state index in [-0.39, 0.29) is 0 Å². The quantitative estimate of drug-likeness (QED) is 0.804. The molecule has 2 N–H and O–H groups in total. The second-order valence-corrected chi connectivity index (χ2v) is 3.92. The molecule has 84 valence electrons. The lowest BCUT2D eigenvalue weighted by Gasteiger charge is -2.04. The number of aromatic nitrogens is 2. The van der Waals surface area contributed by atoms with Gasteiger partial charge in [0, 0.05) is 11.7 Å². The van der Waals surface area contributed by atoms with Gasteiger partial charge in [0.25, 0.3) is 0 Å². The van der Waals surface area contributed by atoms with Gasteiger partial charge in [-0.3, -0.25) is 4.68 Å². The number of benzene rings is 1. The molecule has 0 aliphatic carbocycles. The molecule has 4 nitrogen and oxygen atoms in total. The van der Waals surface area contributed by atoms with E-state index in [2.05, 4.69) is 18.9 Å². The van der Waals surface area contributed by atoms with Crippen molar-refractivity contribution in [1.29, 1.82) is 0 Å². The molecule has 0 unspecified atom stereocenters. The van der Waals surface area contributed by atoms with Crippen LogP contribution in [0.5, 0.6) is 11.5 Å². The van der Waals surface area contributed by atoms with Crippen molar-refractivity contribution in [3.8, 4) is 11.5 Å². The van der Waals surface area contributed by atoms with Gasteiger partial charge in [0.2, 0.25) is 0 Å². The summed E-state index contributed by atoms with van der Waals surface area (Å²) < 4.78 is 7.48. The minimum Gasteiger partial charge on any atom is -0.454 e. The zero-order chi connectivity index (χ0) is 11.5. The standard InChI is InChI=1S/C12H15N3O/c1-9(2)15-8-12(7-14-15)16-11-5-3-10(13)4-6-11/h3-9H,13H2,1-2H3. The van der Waals surface area contributed by atoms with Crippen LogP contribution in [0.25, 0.3) is 0 Å². The maximum absolute atomic E-state index is 5.63. The molecule has 0 atom stereocenters. The minimum absolute atomic E-state index is 0.337. The van der Waals surface area contributed by atoms with E-state index in [1.165, 1.54) is 0 Å². The highest BCUT2D eigenvalue weighted by Crippen LogP contribution is 2.22. The molecule has 16 heavy (non-hydrogen) atoms. The van der Waals surface area contributed by atoms with Gasteiger partial charge in [0.05, 0.1) is 12.4 Å². The maximum Gasteiger partial charge on any atom is 0.165 e. The van der Waals surface area contributed by atoms with Crippen molar-refractivity contribution >= 4 is 5.69 Å². The Bertz CT molecular complexity index is 459. The van der Waals surface area contributed by atoms with Crippen LogP contribution in [0.4, 0.5) is 5.69 Å². The number of ether oxygens (including phenoxy) is 1. The smallest absolute Gasteiger partial charge is 0.165 e. The summed E-state index contributed by atoms with van der Waals surface area (Å²) in [5.74, 6) is 1.50. The van der Waals surface area contributed by atoms with Gasteiger partial charge >= 0.3 is 0 Å². The Morgan fingerprint density at radius 1 is 1.19 bits per heavy atom. The normalized spacial score (nSPS) is 10.7. The fourth-order valence-corrected chi connectivity index (χ4v) is 1.33. The van der Waals surface area contributed by atoms with Gasteiger partial charge in [-0.1, -0.05) is 0 Å². The molecule has 0 saturated heterocycles. The zero-order valence-corrected chi connectivity index (χ0v) is 9.42. The molecule has 2 aromatic rings. The number of anilines is 1. The average molecular weight is 217 g/mol. The molecule has 0 bridgehead atoms. The first kappa shape index (κ1) is 10.5. The summed E-state index contributed by atoms with van der Waals surface area (Å²) >= 11 is 0. The van der Waals surface area contributed by atoms with E-state index in [0.717, 1.165) is 17.2 Å². The molecule has 0 spiro atoms. The summed E-state index contributed by atoms with van der Waals surface area (Å²) in [4.78, 5) is 0. The van der Waals surface area contributed by atoms with Crippen LogP contribution >= 0.6 is 0 Å². The lowest BCUT2D eigenvalue weighted by molar-refractivity contribution is 0.477. The topological polar surface area (TPSA) is 53.1 Å². The first-order valence-corrected chi connectivity index (χ1v) is 5.22. The molecular formula is C12H15N3O. The SMILES string of the molecule is CC(C)n1cc(Oc2ccc(N)cc2)cn1. The fourth-order valence-electron chi connectivity index (χ4n) is 1.33.